The molecule has 5 nitrogen and oxygen atoms in total. The molecule has 1 fully saturated rings. The minimum Gasteiger partial charge on any atom is -0.282 e. The van der Waals surface area contributed by atoms with E-state index < -0.39 is 5.41 Å². The van der Waals surface area contributed by atoms with Gasteiger partial charge in [0.25, 0.3) is 0 Å². The Kier molecular flexibility index (Phi) is 4.22. The van der Waals surface area contributed by atoms with Crippen molar-refractivity contribution in [2.45, 2.75) is 38.5 Å². The summed E-state index contributed by atoms with van der Waals surface area (Å²) in [4.78, 5) is 21.2. The van der Waals surface area contributed by atoms with Crippen molar-refractivity contribution in [1.82, 2.24) is 15.4 Å². The number of nitrogens with one attached hydrogen (secondary N) is 2. The predicted molar refractivity (Wildman–Crippen MR) is 90.3 cm³/mol. The number of hydrazine groups is 1. The van der Waals surface area contributed by atoms with Crippen molar-refractivity contribution in [3.05, 3.63) is 52.4 Å². The molecule has 1 aliphatic rings. The second-order valence-corrected chi connectivity index (χ2v) is 6.40. The van der Waals surface area contributed by atoms with Gasteiger partial charge in [-0.3, -0.25) is 15.6 Å². The molecule has 1 heterocycles. The molecule has 0 aliphatic heterocycles. The maximum Gasteiger partial charge on any atom is 0.248 e. The van der Waals surface area contributed by atoms with Gasteiger partial charge in [-0.05, 0) is 44.4 Å². The minimum atomic E-state index is -0.505. The maximum atomic E-state index is 12.7. The summed E-state index contributed by atoms with van der Waals surface area (Å²) in [5.74, 6) is 1.19. The second-order valence-electron chi connectivity index (χ2n) is 5.97. The van der Waals surface area contributed by atoms with Crippen LogP contribution in [0.2, 0.25) is 5.02 Å². The molecule has 3 rings (SSSR count). The summed E-state index contributed by atoms with van der Waals surface area (Å²) in [6.07, 6.45) is 2.68. The van der Waals surface area contributed by atoms with Crippen LogP contribution in [0.1, 0.15) is 36.3 Å². The van der Waals surface area contributed by atoms with Gasteiger partial charge in [0.1, 0.15) is 11.6 Å². The monoisotopic (exact) mass is 330 g/mol. The van der Waals surface area contributed by atoms with Crippen molar-refractivity contribution >= 4 is 23.3 Å². The van der Waals surface area contributed by atoms with E-state index in [-0.39, 0.29) is 5.91 Å². The molecule has 0 saturated heterocycles. The molecule has 2 aromatic rings. The molecule has 1 aromatic carbocycles. The number of aromatic nitrogens is 2. The number of hydrogen-bond acceptors (Lipinski definition) is 4. The molecule has 23 heavy (non-hydrogen) atoms. The van der Waals surface area contributed by atoms with Gasteiger partial charge in [-0.25, -0.2) is 9.97 Å². The summed E-state index contributed by atoms with van der Waals surface area (Å²) in [6, 6.07) is 9.33. The van der Waals surface area contributed by atoms with Crippen molar-refractivity contribution in [2.75, 3.05) is 5.43 Å². The van der Waals surface area contributed by atoms with E-state index in [1.54, 1.807) is 6.07 Å². The van der Waals surface area contributed by atoms with Gasteiger partial charge >= 0.3 is 0 Å². The van der Waals surface area contributed by atoms with Crippen LogP contribution in [-0.2, 0) is 10.2 Å². The molecular formula is C17H19ClN4O. The molecule has 0 spiro atoms. The fraction of sp³-hybridized carbons (Fsp3) is 0.353. The van der Waals surface area contributed by atoms with Crippen LogP contribution in [0.4, 0.5) is 5.82 Å². The Hall–Kier alpha value is -2.14. The van der Waals surface area contributed by atoms with E-state index >= 15 is 0 Å². The summed E-state index contributed by atoms with van der Waals surface area (Å²) < 4.78 is 0. The summed E-state index contributed by atoms with van der Waals surface area (Å²) in [7, 11) is 0. The van der Waals surface area contributed by atoms with Crippen LogP contribution in [0.5, 0.6) is 0 Å². The van der Waals surface area contributed by atoms with Crippen LogP contribution in [0.3, 0.4) is 0 Å². The lowest BCUT2D eigenvalue weighted by atomic mass is 9.64. The molecule has 0 unspecified atom stereocenters. The van der Waals surface area contributed by atoms with Gasteiger partial charge in [0.05, 0.1) is 5.41 Å². The van der Waals surface area contributed by atoms with Gasteiger partial charge in [0.2, 0.25) is 5.91 Å². The van der Waals surface area contributed by atoms with Crippen LogP contribution in [0, 0.1) is 13.8 Å². The minimum absolute atomic E-state index is 0.0556. The van der Waals surface area contributed by atoms with Crippen LogP contribution in [0.15, 0.2) is 30.3 Å². The summed E-state index contributed by atoms with van der Waals surface area (Å²) in [6.45, 7) is 3.71. The standard InChI is InChI=1S/C17H19ClN4O/c1-11-9-15(20-12(2)19-11)21-22-16(23)17(7-4-8-17)13-5-3-6-14(18)10-13/h3,5-6,9-10H,4,7-8H2,1-2H3,(H,22,23)(H,19,20,21). The van der Waals surface area contributed by atoms with Crippen molar-refractivity contribution in [3.63, 3.8) is 0 Å². The van der Waals surface area contributed by atoms with Crippen molar-refractivity contribution < 1.29 is 4.79 Å². The quantitative estimate of drug-likeness (QED) is 0.844. The van der Waals surface area contributed by atoms with Crippen LogP contribution in [0.25, 0.3) is 0 Å². The van der Waals surface area contributed by atoms with Gasteiger partial charge in [0.15, 0.2) is 0 Å². The summed E-state index contributed by atoms with van der Waals surface area (Å²) >= 11 is 6.08. The number of amides is 1. The lowest BCUT2D eigenvalue weighted by molar-refractivity contribution is -0.129. The molecule has 120 valence electrons. The molecule has 1 amide bonds. The normalized spacial score (nSPS) is 15.6. The van der Waals surface area contributed by atoms with Crippen molar-refractivity contribution in [1.29, 1.82) is 0 Å². The van der Waals surface area contributed by atoms with E-state index in [0.29, 0.717) is 16.7 Å². The number of carbonyl (C=O) groups excluding carboxylic acids is 1. The van der Waals surface area contributed by atoms with E-state index in [9.17, 15) is 4.79 Å². The van der Waals surface area contributed by atoms with Gasteiger partial charge < -0.3 is 0 Å². The first-order chi connectivity index (χ1) is 11.0. The Morgan fingerprint density at radius 2 is 2.00 bits per heavy atom. The third-order valence-electron chi connectivity index (χ3n) is 4.29. The third-order valence-corrected chi connectivity index (χ3v) is 4.52. The maximum absolute atomic E-state index is 12.7. The number of nitrogens with zero attached hydrogens (tertiary/aromatic N) is 2. The lowest BCUT2D eigenvalue weighted by Crippen LogP contribution is -2.50. The first-order valence-corrected chi connectivity index (χ1v) is 8.02. The number of rotatable bonds is 4. The molecule has 1 saturated carbocycles. The molecule has 1 aliphatic carbocycles. The van der Waals surface area contributed by atoms with Crippen LogP contribution >= 0.6 is 11.6 Å². The second kappa shape index (κ2) is 6.16. The molecule has 0 bridgehead atoms. The predicted octanol–water partition coefficient (Wildman–Crippen LogP) is 3.31. The van der Waals surface area contributed by atoms with Gasteiger partial charge in [-0.1, -0.05) is 30.2 Å². The van der Waals surface area contributed by atoms with Gasteiger partial charge in [0, 0.05) is 16.8 Å². The number of aryl methyl sites for hydroxylation is 2. The Balaban J connectivity index is 1.76. The summed E-state index contributed by atoms with van der Waals surface area (Å²) in [5.41, 5.74) is 7.00. The van der Waals surface area contributed by atoms with E-state index in [1.807, 2.05) is 38.1 Å². The molecular weight excluding hydrogens is 312 g/mol. The van der Waals surface area contributed by atoms with E-state index in [2.05, 4.69) is 20.8 Å². The molecule has 1 aromatic heterocycles. The SMILES string of the molecule is Cc1cc(NNC(=O)C2(c3cccc(Cl)c3)CCC2)nc(C)n1. The highest BCUT2D eigenvalue weighted by Gasteiger charge is 2.45. The molecule has 0 atom stereocenters. The number of halogens is 1. The Labute approximate surface area is 140 Å². The zero-order valence-electron chi connectivity index (χ0n) is 13.2. The highest BCUT2D eigenvalue weighted by Crippen LogP contribution is 2.44. The van der Waals surface area contributed by atoms with Gasteiger partial charge in [-0.15, -0.1) is 0 Å². The van der Waals surface area contributed by atoms with Crippen LogP contribution < -0.4 is 10.9 Å². The Morgan fingerprint density at radius 3 is 2.61 bits per heavy atom. The molecule has 2 N–H and O–H groups in total. The van der Waals surface area contributed by atoms with E-state index in [1.165, 1.54) is 0 Å². The lowest BCUT2D eigenvalue weighted by Gasteiger charge is -2.40. The fourth-order valence-corrected chi connectivity index (χ4v) is 3.18. The van der Waals surface area contributed by atoms with Gasteiger partial charge in [-0.2, -0.15) is 0 Å². The number of anilines is 1. The first-order valence-electron chi connectivity index (χ1n) is 7.64. The van der Waals surface area contributed by atoms with E-state index in [4.69, 9.17) is 11.6 Å². The Morgan fingerprint density at radius 1 is 1.22 bits per heavy atom. The smallest absolute Gasteiger partial charge is 0.248 e. The average molecular weight is 331 g/mol. The third kappa shape index (κ3) is 3.15. The topological polar surface area (TPSA) is 66.9 Å². The van der Waals surface area contributed by atoms with Crippen molar-refractivity contribution in [3.8, 4) is 0 Å². The average Bonchev–Trinajstić information content (AvgIpc) is 2.43. The molecule has 6 heteroatoms. The number of benzene rings is 1. The number of carbonyl (C=O) groups is 1. The van der Waals surface area contributed by atoms with Crippen molar-refractivity contribution in [2.24, 2.45) is 0 Å². The highest BCUT2D eigenvalue weighted by molar-refractivity contribution is 6.30. The Bertz CT molecular complexity index is 723. The number of hydrogen-bond donors (Lipinski definition) is 2. The molecule has 0 radical (unpaired) electrons. The highest BCUT2D eigenvalue weighted by atomic mass is 35.5. The first kappa shape index (κ1) is 15.7. The zero-order chi connectivity index (χ0) is 16.4. The zero-order valence-corrected chi connectivity index (χ0v) is 13.9. The van der Waals surface area contributed by atoms with Crippen LogP contribution in [-0.4, -0.2) is 15.9 Å². The summed E-state index contributed by atoms with van der Waals surface area (Å²) in [5, 5.41) is 0.650. The van der Waals surface area contributed by atoms with E-state index in [0.717, 1.165) is 30.5 Å². The fourth-order valence-electron chi connectivity index (χ4n) is 2.98. The largest absolute Gasteiger partial charge is 0.282 e.